The summed E-state index contributed by atoms with van der Waals surface area (Å²) in [6.07, 6.45) is 0.730. The van der Waals surface area contributed by atoms with E-state index in [1.165, 1.54) is 5.56 Å². The molecule has 0 radical (unpaired) electrons. The van der Waals surface area contributed by atoms with Crippen molar-refractivity contribution in [2.75, 3.05) is 71.3 Å². The SMILES string of the molecule is O=C(O)CC(S)C(=O)NCCC(=O)NCCOCCOCCOCCOCCC(=O)Nc1cccc(Cc2ccccc2)c1. The van der Waals surface area contributed by atoms with Gasteiger partial charge in [0.2, 0.25) is 17.7 Å². The number of thiol groups is 1. The van der Waals surface area contributed by atoms with Crippen LogP contribution in [-0.4, -0.2) is 100.0 Å². The molecule has 44 heavy (non-hydrogen) atoms. The number of carboxylic acids is 1. The van der Waals surface area contributed by atoms with Crippen molar-refractivity contribution in [1.82, 2.24) is 10.6 Å². The monoisotopic (exact) mass is 633 g/mol. The van der Waals surface area contributed by atoms with Crippen molar-refractivity contribution in [3.8, 4) is 0 Å². The van der Waals surface area contributed by atoms with Gasteiger partial charge in [-0.3, -0.25) is 19.2 Å². The number of carbonyl (C=O) groups excluding carboxylic acids is 3. The molecule has 4 N–H and O–H groups in total. The molecular weight excluding hydrogens is 590 g/mol. The van der Waals surface area contributed by atoms with E-state index in [2.05, 4.69) is 40.7 Å². The summed E-state index contributed by atoms with van der Waals surface area (Å²) < 4.78 is 21.7. The Bertz CT molecular complexity index is 1140. The summed E-state index contributed by atoms with van der Waals surface area (Å²) in [5, 5.41) is 15.7. The Morgan fingerprint density at radius 3 is 1.95 bits per heavy atom. The highest BCUT2D eigenvalue weighted by atomic mass is 32.1. The first kappa shape index (κ1) is 36.7. The molecule has 0 aromatic heterocycles. The molecule has 1 atom stereocenters. The summed E-state index contributed by atoms with van der Waals surface area (Å²) in [5.74, 6) is -2.01. The summed E-state index contributed by atoms with van der Waals surface area (Å²) in [4.78, 5) is 46.2. The van der Waals surface area contributed by atoms with E-state index in [1.54, 1.807) is 0 Å². The number of ether oxygens (including phenoxy) is 4. The summed E-state index contributed by atoms with van der Waals surface area (Å²) >= 11 is 3.91. The molecule has 0 bridgehead atoms. The predicted octanol–water partition coefficient (Wildman–Crippen LogP) is 2.07. The van der Waals surface area contributed by atoms with E-state index in [-0.39, 0.29) is 37.6 Å². The van der Waals surface area contributed by atoms with Crippen LogP contribution in [-0.2, 0) is 44.5 Å². The highest BCUT2D eigenvalue weighted by molar-refractivity contribution is 7.81. The van der Waals surface area contributed by atoms with E-state index in [4.69, 9.17) is 24.1 Å². The van der Waals surface area contributed by atoms with Gasteiger partial charge in [-0.15, -0.1) is 0 Å². The molecule has 0 spiro atoms. The predicted molar refractivity (Wildman–Crippen MR) is 168 cm³/mol. The minimum absolute atomic E-state index is 0.0632. The van der Waals surface area contributed by atoms with Gasteiger partial charge in [-0.25, -0.2) is 0 Å². The smallest absolute Gasteiger partial charge is 0.304 e. The molecule has 13 heteroatoms. The summed E-state index contributed by atoms with van der Waals surface area (Å²) in [5.41, 5.74) is 3.11. The Balaban J connectivity index is 1.35. The number of hydrogen-bond donors (Lipinski definition) is 5. The molecule has 0 aliphatic carbocycles. The van der Waals surface area contributed by atoms with Crippen LogP contribution in [0.3, 0.4) is 0 Å². The molecule has 12 nitrogen and oxygen atoms in total. The summed E-state index contributed by atoms with van der Waals surface area (Å²) in [6.45, 7) is 3.33. The largest absolute Gasteiger partial charge is 0.481 e. The molecular formula is C31H43N3O9S. The average Bonchev–Trinajstić information content (AvgIpc) is 2.99. The lowest BCUT2D eigenvalue weighted by atomic mass is 10.0. The zero-order chi connectivity index (χ0) is 31.8. The van der Waals surface area contributed by atoms with Crippen molar-refractivity contribution in [2.45, 2.75) is 30.9 Å². The highest BCUT2D eigenvalue weighted by Crippen LogP contribution is 2.15. The van der Waals surface area contributed by atoms with Gasteiger partial charge in [-0.1, -0.05) is 42.5 Å². The first-order valence-corrected chi connectivity index (χ1v) is 15.0. The lowest BCUT2D eigenvalue weighted by Crippen LogP contribution is -2.36. The van der Waals surface area contributed by atoms with Crippen LogP contribution in [0.5, 0.6) is 0 Å². The maximum absolute atomic E-state index is 12.2. The van der Waals surface area contributed by atoms with Gasteiger partial charge in [0.15, 0.2) is 0 Å². The zero-order valence-corrected chi connectivity index (χ0v) is 25.7. The fourth-order valence-corrected chi connectivity index (χ4v) is 4.01. The second kappa shape index (κ2) is 23.0. The molecule has 0 fully saturated rings. The van der Waals surface area contributed by atoms with Crippen molar-refractivity contribution in [1.29, 1.82) is 0 Å². The Morgan fingerprint density at radius 2 is 1.30 bits per heavy atom. The molecule has 0 aliphatic heterocycles. The van der Waals surface area contributed by atoms with Crippen molar-refractivity contribution in [3.63, 3.8) is 0 Å². The molecule has 0 saturated heterocycles. The quantitative estimate of drug-likeness (QED) is 0.0861. The minimum atomic E-state index is -1.12. The Morgan fingerprint density at radius 1 is 0.682 bits per heavy atom. The van der Waals surface area contributed by atoms with Gasteiger partial charge in [0, 0.05) is 25.2 Å². The van der Waals surface area contributed by atoms with E-state index in [0.29, 0.717) is 59.4 Å². The summed E-state index contributed by atoms with van der Waals surface area (Å²) in [6, 6.07) is 18.0. The van der Waals surface area contributed by atoms with Crippen molar-refractivity contribution in [2.24, 2.45) is 0 Å². The van der Waals surface area contributed by atoms with E-state index in [0.717, 1.165) is 17.7 Å². The number of hydrogen-bond acceptors (Lipinski definition) is 9. The van der Waals surface area contributed by atoms with Crippen LogP contribution in [0.25, 0.3) is 0 Å². The Kier molecular flexibility index (Phi) is 19.2. The average molecular weight is 634 g/mol. The van der Waals surface area contributed by atoms with Crippen LogP contribution in [0, 0.1) is 0 Å². The van der Waals surface area contributed by atoms with Crippen LogP contribution in [0.4, 0.5) is 5.69 Å². The van der Waals surface area contributed by atoms with Gasteiger partial charge in [-0.05, 0) is 29.7 Å². The van der Waals surface area contributed by atoms with Crippen LogP contribution < -0.4 is 16.0 Å². The van der Waals surface area contributed by atoms with Crippen molar-refractivity contribution in [3.05, 3.63) is 65.7 Å². The second-order valence-corrected chi connectivity index (χ2v) is 10.2. The second-order valence-electron chi connectivity index (χ2n) is 9.62. The van der Waals surface area contributed by atoms with Crippen LogP contribution >= 0.6 is 12.6 Å². The molecule has 242 valence electrons. The molecule has 2 aromatic carbocycles. The number of carboxylic acid groups (broad SMARTS) is 1. The number of aliphatic carboxylic acids is 1. The normalized spacial score (nSPS) is 11.5. The third kappa shape index (κ3) is 18.2. The molecule has 2 aromatic rings. The van der Waals surface area contributed by atoms with Crippen molar-refractivity contribution < 1.29 is 43.2 Å². The van der Waals surface area contributed by atoms with Gasteiger partial charge in [-0.2, -0.15) is 12.6 Å². The number of nitrogens with one attached hydrogen (secondary N) is 3. The van der Waals surface area contributed by atoms with Crippen LogP contribution in [0.1, 0.15) is 30.4 Å². The zero-order valence-electron chi connectivity index (χ0n) is 24.8. The molecule has 0 saturated carbocycles. The van der Waals surface area contributed by atoms with Crippen LogP contribution in [0.2, 0.25) is 0 Å². The van der Waals surface area contributed by atoms with Gasteiger partial charge < -0.3 is 40.0 Å². The van der Waals surface area contributed by atoms with E-state index in [9.17, 15) is 19.2 Å². The highest BCUT2D eigenvalue weighted by Gasteiger charge is 2.17. The Hall–Kier alpha value is -3.49. The van der Waals surface area contributed by atoms with Gasteiger partial charge in [0.1, 0.15) is 0 Å². The van der Waals surface area contributed by atoms with E-state index in [1.807, 2.05) is 42.5 Å². The molecule has 3 amide bonds. The number of anilines is 1. The topological polar surface area (TPSA) is 162 Å². The van der Waals surface area contributed by atoms with Crippen LogP contribution in [0.15, 0.2) is 54.6 Å². The number of benzene rings is 2. The first-order valence-electron chi connectivity index (χ1n) is 14.5. The van der Waals surface area contributed by atoms with Gasteiger partial charge >= 0.3 is 5.97 Å². The summed E-state index contributed by atoms with van der Waals surface area (Å²) in [7, 11) is 0. The minimum Gasteiger partial charge on any atom is -0.481 e. The molecule has 2 rings (SSSR count). The lowest BCUT2D eigenvalue weighted by Gasteiger charge is -2.10. The first-order chi connectivity index (χ1) is 21.3. The fraction of sp³-hybridized carbons (Fsp3) is 0.484. The number of carbonyl (C=O) groups is 4. The lowest BCUT2D eigenvalue weighted by molar-refractivity contribution is -0.138. The van der Waals surface area contributed by atoms with Gasteiger partial charge in [0.25, 0.3) is 0 Å². The van der Waals surface area contributed by atoms with E-state index < -0.39 is 17.1 Å². The molecule has 0 aliphatic rings. The molecule has 1 unspecified atom stereocenters. The van der Waals surface area contributed by atoms with Crippen molar-refractivity contribution >= 4 is 42.0 Å². The van der Waals surface area contributed by atoms with Gasteiger partial charge in [0.05, 0.1) is 70.9 Å². The fourth-order valence-electron chi connectivity index (χ4n) is 3.77. The maximum atomic E-state index is 12.2. The third-order valence-corrected chi connectivity index (χ3v) is 6.36. The Labute approximate surface area is 263 Å². The number of rotatable bonds is 24. The van der Waals surface area contributed by atoms with E-state index >= 15 is 0 Å². The molecule has 0 heterocycles. The standard InChI is InChI=1S/C31H43N3O9S/c35-28(9-11-33-31(39)27(44)23-30(37)38)32-12-14-41-16-18-43-20-19-42-17-15-40-13-10-29(36)34-26-8-4-7-25(22-26)21-24-5-2-1-3-6-24/h1-8,22,27,44H,9-21,23H2,(H,32,35)(H,33,39)(H,34,36)(H,37,38). The maximum Gasteiger partial charge on any atom is 0.304 e. The number of amides is 3. The third-order valence-electron chi connectivity index (χ3n) is 5.94.